The van der Waals surface area contributed by atoms with E-state index in [0.717, 1.165) is 22.2 Å². The smallest absolute Gasteiger partial charge is 0.295 e. The lowest BCUT2D eigenvalue weighted by Gasteiger charge is -2.21. The van der Waals surface area contributed by atoms with Crippen molar-refractivity contribution in [3.8, 4) is 0 Å². The van der Waals surface area contributed by atoms with Gasteiger partial charge in [-0.25, -0.2) is 9.29 Å². The predicted molar refractivity (Wildman–Crippen MR) is 92.3 cm³/mol. The highest BCUT2D eigenvalue weighted by molar-refractivity contribution is 8.18. The van der Waals surface area contributed by atoms with Crippen molar-refractivity contribution >= 4 is 29.0 Å². The summed E-state index contributed by atoms with van der Waals surface area (Å²) in [6.45, 7) is 1.92. The van der Waals surface area contributed by atoms with Crippen molar-refractivity contribution < 1.29 is 14.0 Å². The average Bonchev–Trinajstić information content (AvgIpc) is 2.83. The topological polar surface area (TPSA) is 63.4 Å². The van der Waals surface area contributed by atoms with Gasteiger partial charge < -0.3 is 5.73 Å². The van der Waals surface area contributed by atoms with E-state index in [0.29, 0.717) is 11.1 Å². The zero-order valence-corrected chi connectivity index (χ0v) is 13.7. The van der Waals surface area contributed by atoms with Crippen LogP contribution in [0.2, 0.25) is 0 Å². The minimum atomic E-state index is -0.837. The Morgan fingerprint density at radius 3 is 2.54 bits per heavy atom. The predicted octanol–water partition coefficient (Wildman–Crippen LogP) is 3.83. The molecular formula is C18H15FN2O2S. The summed E-state index contributed by atoms with van der Waals surface area (Å²) in [6.07, 6.45) is 0.726. The molecule has 1 unspecified atom stereocenters. The van der Waals surface area contributed by atoms with Crippen molar-refractivity contribution in [1.29, 1.82) is 0 Å². The summed E-state index contributed by atoms with van der Waals surface area (Å²) < 4.78 is 13.0. The molecule has 1 fully saturated rings. The summed E-state index contributed by atoms with van der Waals surface area (Å²) in [4.78, 5) is 26.1. The molecule has 2 aromatic rings. The molecule has 0 aromatic heterocycles. The lowest BCUT2D eigenvalue weighted by molar-refractivity contribution is -0.124. The molecule has 0 saturated carbocycles. The number of hydrogen-bond donors (Lipinski definition) is 1. The van der Waals surface area contributed by atoms with Crippen molar-refractivity contribution in [3.63, 3.8) is 0 Å². The van der Waals surface area contributed by atoms with E-state index in [1.165, 1.54) is 12.1 Å². The van der Waals surface area contributed by atoms with E-state index in [1.54, 1.807) is 24.3 Å². The number of nitrogens with two attached hydrogens (primary N) is 1. The van der Waals surface area contributed by atoms with Crippen LogP contribution in [0.25, 0.3) is 6.08 Å². The maximum atomic E-state index is 13.0. The van der Waals surface area contributed by atoms with Gasteiger partial charge in [0.15, 0.2) is 0 Å². The summed E-state index contributed by atoms with van der Waals surface area (Å²) in [5, 5.41) is -0.414. The first kappa shape index (κ1) is 16.4. The second-order valence-electron chi connectivity index (χ2n) is 5.46. The summed E-state index contributed by atoms with van der Waals surface area (Å²) in [5.41, 5.74) is 8.46. The van der Waals surface area contributed by atoms with Crippen molar-refractivity contribution in [2.24, 2.45) is 5.73 Å². The van der Waals surface area contributed by atoms with Gasteiger partial charge in [-0.15, -0.1) is 0 Å². The van der Waals surface area contributed by atoms with Crippen LogP contribution in [-0.4, -0.2) is 16.0 Å². The first-order valence-electron chi connectivity index (χ1n) is 7.30. The van der Waals surface area contributed by atoms with E-state index in [1.807, 2.05) is 25.1 Å². The Balaban J connectivity index is 1.87. The average molecular weight is 342 g/mol. The van der Waals surface area contributed by atoms with Crippen LogP contribution in [0.15, 0.2) is 53.4 Å². The van der Waals surface area contributed by atoms with E-state index < -0.39 is 17.3 Å². The van der Waals surface area contributed by atoms with E-state index in [2.05, 4.69) is 0 Å². The first-order chi connectivity index (χ1) is 11.5. The molecule has 0 bridgehead atoms. The van der Waals surface area contributed by atoms with Gasteiger partial charge in [0, 0.05) is 0 Å². The molecule has 1 aliphatic heterocycles. The number of amides is 2. The largest absolute Gasteiger partial charge is 0.307 e. The van der Waals surface area contributed by atoms with Crippen LogP contribution in [0.5, 0.6) is 0 Å². The van der Waals surface area contributed by atoms with Crippen LogP contribution >= 0.6 is 11.8 Å². The van der Waals surface area contributed by atoms with Gasteiger partial charge in [0.2, 0.25) is 0 Å². The van der Waals surface area contributed by atoms with Crippen molar-refractivity contribution in [3.05, 3.63) is 75.9 Å². The number of thioether (sulfide) groups is 1. The Labute approximate surface area is 143 Å². The molecular weight excluding hydrogens is 327 g/mol. The molecule has 0 aliphatic carbocycles. The zero-order valence-electron chi connectivity index (χ0n) is 12.9. The van der Waals surface area contributed by atoms with Crippen molar-refractivity contribution in [1.82, 2.24) is 4.90 Å². The van der Waals surface area contributed by atoms with Gasteiger partial charge in [-0.2, -0.15) is 0 Å². The number of aryl methyl sites for hydroxylation is 1. The number of imide groups is 1. The third kappa shape index (κ3) is 3.25. The molecule has 122 valence electrons. The SMILES string of the molecule is Cc1cccc(C(N)N2C(=O)S/C(=C\c3ccc(F)cc3)C2=O)c1. The zero-order chi connectivity index (χ0) is 17.3. The number of carbonyl (C=O) groups is 2. The number of benzene rings is 2. The highest BCUT2D eigenvalue weighted by Crippen LogP contribution is 2.36. The van der Waals surface area contributed by atoms with Crippen LogP contribution in [0.1, 0.15) is 22.9 Å². The molecule has 0 radical (unpaired) electrons. The van der Waals surface area contributed by atoms with Crippen molar-refractivity contribution in [2.45, 2.75) is 13.1 Å². The van der Waals surface area contributed by atoms with E-state index in [4.69, 9.17) is 5.73 Å². The maximum Gasteiger partial charge on any atom is 0.295 e. The fraction of sp³-hybridized carbons (Fsp3) is 0.111. The number of halogens is 1. The van der Waals surface area contributed by atoms with Gasteiger partial charge in [-0.3, -0.25) is 9.59 Å². The molecule has 4 nitrogen and oxygen atoms in total. The van der Waals surface area contributed by atoms with E-state index in [-0.39, 0.29) is 10.7 Å². The van der Waals surface area contributed by atoms with Crippen LogP contribution in [0.4, 0.5) is 9.18 Å². The monoisotopic (exact) mass is 342 g/mol. The third-order valence-electron chi connectivity index (χ3n) is 3.65. The van der Waals surface area contributed by atoms with Gasteiger partial charge in [0.1, 0.15) is 12.0 Å². The van der Waals surface area contributed by atoms with Gasteiger partial charge in [-0.05, 0) is 48.0 Å². The molecule has 2 N–H and O–H groups in total. The Kier molecular flexibility index (Phi) is 4.51. The molecule has 1 saturated heterocycles. The molecule has 2 amide bonds. The third-order valence-corrected chi connectivity index (χ3v) is 4.54. The highest BCUT2D eigenvalue weighted by Gasteiger charge is 2.39. The lowest BCUT2D eigenvalue weighted by atomic mass is 10.1. The van der Waals surface area contributed by atoms with Crippen LogP contribution in [0.3, 0.4) is 0 Å². The fourth-order valence-electron chi connectivity index (χ4n) is 2.43. The number of nitrogens with zero attached hydrogens (tertiary/aromatic N) is 1. The maximum absolute atomic E-state index is 13.0. The Bertz CT molecular complexity index is 833. The van der Waals surface area contributed by atoms with Gasteiger partial charge >= 0.3 is 0 Å². The summed E-state index contributed by atoms with van der Waals surface area (Å²) >= 11 is 0.833. The fourth-order valence-corrected chi connectivity index (χ4v) is 3.30. The Morgan fingerprint density at radius 1 is 1.17 bits per heavy atom. The molecule has 1 heterocycles. The molecule has 1 atom stereocenters. The molecule has 0 spiro atoms. The summed E-state index contributed by atoms with van der Waals surface area (Å²) in [6, 6.07) is 13.1. The number of carbonyl (C=O) groups excluding carboxylic acids is 2. The highest BCUT2D eigenvalue weighted by atomic mass is 32.2. The second kappa shape index (κ2) is 6.59. The summed E-state index contributed by atoms with van der Waals surface area (Å²) in [5.74, 6) is -0.801. The van der Waals surface area contributed by atoms with Crippen molar-refractivity contribution in [2.75, 3.05) is 0 Å². The molecule has 1 aliphatic rings. The van der Waals surface area contributed by atoms with Gasteiger partial charge in [0.25, 0.3) is 11.1 Å². The first-order valence-corrected chi connectivity index (χ1v) is 8.12. The Hall–Kier alpha value is -2.44. The number of hydrogen-bond acceptors (Lipinski definition) is 4. The van der Waals surface area contributed by atoms with E-state index >= 15 is 0 Å². The second-order valence-corrected chi connectivity index (χ2v) is 6.46. The van der Waals surface area contributed by atoms with E-state index in [9.17, 15) is 14.0 Å². The molecule has 24 heavy (non-hydrogen) atoms. The Morgan fingerprint density at radius 2 is 1.88 bits per heavy atom. The lowest BCUT2D eigenvalue weighted by Crippen LogP contribution is -2.37. The minimum absolute atomic E-state index is 0.273. The standard InChI is InChI=1S/C18H15FN2O2S/c1-11-3-2-4-13(9-11)16(20)21-17(22)15(24-18(21)23)10-12-5-7-14(19)8-6-12/h2-10,16H,20H2,1H3/b15-10-. The normalized spacial score (nSPS) is 17.6. The van der Waals surface area contributed by atoms with Crippen LogP contribution < -0.4 is 5.73 Å². The molecule has 2 aromatic carbocycles. The van der Waals surface area contributed by atoms with Crippen LogP contribution in [0, 0.1) is 12.7 Å². The van der Waals surface area contributed by atoms with Crippen LogP contribution in [-0.2, 0) is 4.79 Å². The quantitative estimate of drug-likeness (QED) is 0.861. The summed E-state index contributed by atoms with van der Waals surface area (Å²) in [7, 11) is 0. The van der Waals surface area contributed by atoms with Gasteiger partial charge in [0.05, 0.1) is 4.91 Å². The minimum Gasteiger partial charge on any atom is -0.307 e. The van der Waals surface area contributed by atoms with Gasteiger partial charge in [-0.1, -0.05) is 42.0 Å². The number of rotatable bonds is 3. The molecule has 6 heteroatoms. The molecule has 3 rings (SSSR count).